The highest BCUT2D eigenvalue weighted by molar-refractivity contribution is 5.79. The zero-order chi connectivity index (χ0) is 19.6. The zero-order valence-electron chi connectivity index (χ0n) is 15.6. The molecule has 1 amide bonds. The summed E-state index contributed by atoms with van der Waals surface area (Å²) in [5.41, 5.74) is 1.19. The van der Waals surface area contributed by atoms with E-state index in [0.717, 1.165) is 18.4 Å². The minimum atomic E-state index is -0.481. The van der Waals surface area contributed by atoms with E-state index in [-0.39, 0.29) is 18.0 Å². The number of carbonyl (C=O) groups excluding carboxylic acids is 1. The second-order valence-electron chi connectivity index (χ2n) is 6.03. The van der Waals surface area contributed by atoms with Crippen molar-refractivity contribution in [1.29, 1.82) is 0 Å². The van der Waals surface area contributed by atoms with Gasteiger partial charge in [0.25, 0.3) is 5.69 Å². The van der Waals surface area contributed by atoms with Crippen LogP contribution in [0.5, 0.6) is 11.5 Å². The summed E-state index contributed by atoms with van der Waals surface area (Å²) in [6, 6.07) is 11.7. The number of carbonyl (C=O) groups is 1. The molecule has 0 aliphatic heterocycles. The second-order valence-corrected chi connectivity index (χ2v) is 6.03. The Morgan fingerprint density at radius 3 is 2.67 bits per heavy atom. The first-order chi connectivity index (χ1) is 13.0. The molecule has 2 rings (SSSR count). The van der Waals surface area contributed by atoms with Crippen LogP contribution in [-0.4, -0.2) is 24.5 Å². The lowest BCUT2D eigenvalue weighted by Crippen LogP contribution is -2.24. The minimum Gasteiger partial charge on any atom is -0.493 e. The van der Waals surface area contributed by atoms with Gasteiger partial charge in [-0.1, -0.05) is 37.6 Å². The molecule has 0 unspecified atom stereocenters. The van der Waals surface area contributed by atoms with Gasteiger partial charge >= 0.3 is 0 Å². The average Bonchev–Trinajstić information content (AvgIpc) is 2.67. The van der Waals surface area contributed by atoms with Gasteiger partial charge in [-0.3, -0.25) is 14.9 Å². The van der Waals surface area contributed by atoms with Crippen LogP contribution in [-0.2, 0) is 17.8 Å². The number of nitrogens with zero attached hydrogens (tertiary/aromatic N) is 1. The van der Waals surface area contributed by atoms with Gasteiger partial charge in [0, 0.05) is 18.2 Å². The summed E-state index contributed by atoms with van der Waals surface area (Å²) in [5.74, 6) is 0.990. The Hall–Kier alpha value is -3.09. The monoisotopic (exact) mass is 372 g/mol. The number of para-hydroxylation sites is 1. The number of unbranched alkanes of at least 4 members (excludes halogenated alkanes) is 1. The van der Waals surface area contributed by atoms with E-state index in [1.807, 2.05) is 18.2 Å². The van der Waals surface area contributed by atoms with E-state index >= 15 is 0 Å². The van der Waals surface area contributed by atoms with Crippen molar-refractivity contribution >= 4 is 11.6 Å². The first-order valence-electron chi connectivity index (χ1n) is 8.83. The van der Waals surface area contributed by atoms with Gasteiger partial charge in [-0.05, 0) is 24.1 Å². The number of methoxy groups -OCH3 is 1. The molecule has 0 fully saturated rings. The fraction of sp³-hybridized carbons (Fsp3) is 0.350. The van der Waals surface area contributed by atoms with Crippen LogP contribution in [0.2, 0.25) is 0 Å². The maximum absolute atomic E-state index is 12.2. The van der Waals surface area contributed by atoms with E-state index in [2.05, 4.69) is 12.2 Å². The molecule has 0 bridgehead atoms. The Morgan fingerprint density at radius 2 is 1.96 bits per heavy atom. The van der Waals surface area contributed by atoms with Crippen LogP contribution in [0.25, 0.3) is 0 Å². The van der Waals surface area contributed by atoms with Crippen molar-refractivity contribution in [3.63, 3.8) is 0 Å². The molecule has 0 saturated heterocycles. The molecule has 0 atom stereocenters. The topological polar surface area (TPSA) is 90.7 Å². The molecule has 0 radical (unpaired) electrons. The molecule has 0 aliphatic rings. The van der Waals surface area contributed by atoms with Crippen molar-refractivity contribution < 1.29 is 19.2 Å². The Labute approximate surface area is 158 Å². The summed E-state index contributed by atoms with van der Waals surface area (Å²) in [6.07, 6.45) is 1.96. The van der Waals surface area contributed by atoms with Crippen LogP contribution in [0.15, 0.2) is 42.5 Å². The van der Waals surface area contributed by atoms with Gasteiger partial charge in [0.15, 0.2) is 11.5 Å². The van der Waals surface area contributed by atoms with E-state index in [1.54, 1.807) is 25.3 Å². The van der Waals surface area contributed by atoms with Gasteiger partial charge in [0.1, 0.15) is 0 Å². The number of benzene rings is 2. The molecule has 2 aromatic carbocycles. The third-order valence-electron chi connectivity index (χ3n) is 4.01. The number of rotatable bonds is 10. The molecule has 1 N–H and O–H groups in total. The molecule has 0 aromatic heterocycles. The van der Waals surface area contributed by atoms with Crippen LogP contribution in [0, 0.1) is 10.1 Å². The average molecular weight is 372 g/mol. The lowest BCUT2D eigenvalue weighted by Gasteiger charge is -2.12. The van der Waals surface area contributed by atoms with Crippen LogP contribution in [0.3, 0.4) is 0 Å². The molecule has 7 heteroatoms. The molecule has 0 heterocycles. The van der Waals surface area contributed by atoms with Crippen molar-refractivity contribution in [3.8, 4) is 11.5 Å². The van der Waals surface area contributed by atoms with Gasteiger partial charge in [-0.2, -0.15) is 0 Å². The molecule has 0 aliphatic carbocycles. The van der Waals surface area contributed by atoms with E-state index in [4.69, 9.17) is 9.47 Å². The lowest BCUT2D eigenvalue weighted by molar-refractivity contribution is -0.385. The number of nitro groups is 1. The molecular formula is C20H24N2O5. The number of amides is 1. The highest BCUT2D eigenvalue weighted by Crippen LogP contribution is 2.28. The van der Waals surface area contributed by atoms with Crippen LogP contribution < -0.4 is 14.8 Å². The molecule has 2 aromatic rings. The predicted octanol–water partition coefficient (Wildman–Crippen LogP) is 3.64. The third kappa shape index (κ3) is 5.99. The van der Waals surface area contributed by atoms with Gasteiger partial charge in [-0.15, -0.1) is 0 Å². The summed E-state index contributed by atoms with van der Waals surface area (Å²) in [4.78, 5) is 22.7. The molecular weight excluding hydrogens is 348 g/mol. The summed E-state index contributed by atoms with van der Waals surface area (Å²) in [5, 5.41) is 13.8. The largest absolute Gasteiger partial charge is 0.493 e. The summed E-state index contributed by atoms with van der Waals surface area (Å²) >= 11 is 0. The normalized spacial score (nSPS) is 10.3. The van der Waals surface area contributed by atoms with Gasteiger partial charge in [-0.25, -0.2) is 0 Å². The molecule has 0 spiro atoms. The Bertz CT molecular complexity index is 792. The molecule has 27 heavy (non-hydrogen) atoms. The van der Waals surface area contributed by atoms with Crippen LogP contribution in [0.1, 0.15) is 30.9 Å². The van der Waals surface area contributed by atoms with E-state index in [9.17, 15) is 14.9 Å². The standard InChI is InChI=1S/C20H24N2O5/c1-3-4-11-27-18-10-9-15(12-19(18)26-2)14-21-20(23)13-16-7-5-6-8-17(16)22(24)25/h5-10,12H,3-4,11,13-14H2,1-2H3,(H,21,23). The molecule has 144 valence electrons. The number of ether oxygens (including phenoxy) is 2. The number of nitrogens with one attached hydrogen (secondary N) is 1. The predicted molar refractivity (Wildman–Crippen MR) is 102 cm³/mol. The van der Waals surface area contributed by atoms with E-state index in [0.29, 0.717) is 30.2 Å². The van der Waals surface area contributed by atoms with Crippen molar-refractivity contribution in [2.45, 2.75) is 32.7 Å². The Morgan fingerprint density at radius 1 is 1.19 bits per heavy atom. The van der Waals surface area contributed by atoms with Crippen molar-refractivity contribution in [1.82, 2.24) is 5.32 Å². The summed E-state index contributed by atoms with van der Waals surface area (Å²) in [7, 11) is 1.57. The van der Waals surface area contributed by atoms with Crippen LogP contribution in [0.4, 0.5) is 5.69 Å². The second kappa shape index (κ2) is 10.2. The SMILES string of the molecule is CCCCOc1ccc(CNC(=O)Cc2ccccc2[N+](=O)[O-])cc1OC. The lowest BCUT2D eigenvalue weighted by atomic mass is 10.1. The minimum absolute atomic E-state index is 0.0491. The quantitative estimate of drug-likeness (QED) is 0.391. The Balaban J connectivity index is 1.96. The zero-order valence-corrected chi connectivity index (χ0v) is 15.6. The fourth-order valence-electron chi connectivity index (χ4n) is 2.54. The van der Waals surface area contributed by atoms with Crippen molar-refractivity contribution in [3.05, 3.63) is 63.7 Å². The maximum atomic E-state index is 12.2. The number of hydrogen-bond acceptors (Lipinski definition) is 5. The summed E-state index contributed by atoms with van der Waals surface area (Å²) < 4.78 is 11.0. The van der Waals surface area contributed by atoms with Gasteiger partial charge in [0.2, 0.25) is 5.91 Å². The van der Waals surface area contributed by atoms with Gasteiger partial charge < -0.3 is 14.8 Å². The highest BCUT2D eigenvalue weighted by atomic mass is 16.6. The highest BCUT2D eigenvalue weighted by Gasteiger charge is 2.15. The van der Waals surface area contributed by atoms with Crippen LogP contribution >= 0.6 is 0 Å². The number of hydrogen-bond donors (Lipinski definition) is 1. The van der Waals surface area contributed by atoms with E-state index in [1.165, 1.54) is 6.07 Å². The molecule has 7 nitrogen and oxygen atoms in total. The molecule has 0 saturated carbocycles. The fourth-order valence-corrected chi connectivity index (χ4v) is 2.54. The maximum Gasteiger partial charge on any atom is 0.273 e. The smallest absolute Gasteiger partial charge is 0.273 e. The van der Waals surface area contributed by atoms with E-state index < -0.39 is 4.92 Å². The third-order valence-corrected chi connectivity index (χ3v) is 4.01. The van der Waals surface area contributed by atoms with Gasteiger partial charge in [0.05, 0.1) is 25.1 Å². The summed E-state index contributed by atoms with van der Waals surface area (Å²) in [6.45, 7) is 3.01. The first kappa shape index (κ1) is 20.2. The first-order valence-corrected chi connectivity index (χ1v) is 8.83. The van der Waals surface area contributed by atoms with Crippen molar-refractivity contribution in [2.24, 2.45) is 0 Å². The van der Waals surface area contributed by atoms with Crippen molar-refractivity contribution in [2.75, 3.05) is 13.7 Å². The number of nitro benzene ring substituents is 1. The Kier molecular flexibility index (Phi) is 7.61.